The molecule has 1 heterocycles. The summed E-state index contributed by atoms with van der Waals surface area (Å²) in [5.41, 5.74) is 1.24. The van der Waals surface area contributed by atoms with Crippen LogP contribution in [-0.4, -0.2) is 46.5 Å². The van der Waals surface area contributed by atoms with Gasteiger partial charge in [0.15, 0.2) is 0 Å². The second-order valence-corrected chi connectivity index (χ2v) is 7.21. The zero-order valence-corrected chi connectivity index (χ0v) is 16.4. The van der Waals surface area contributed by atoms with Crippen molar-refractivity contribution >= 4 is 18.0 Å². The standard InChI is InChI=1S/C22H21F2NO6/c23-22(24)11-17(19(26)27)18(20(28)30-12-15-7-3-1-4-8-15)25(14-22)21(29)31-13-16-9-5-2-6-10-16/h1-10,17-18H,11-14H2,(H,26,27)/t17-,18-/m0/s1. The predicted molar refractivity (Wildman–Crippen MR) is 104 cm³/mol. The third-order valence-corrected chi connectivity index (χ3v) is 4.86. The maximum Gasteiger partial charge on any atom is 0.411 e. The van der Waals surface area contributed by atoms with Gasteiger partial charge in [-0.15, -0.1) is 0 Å². The summed E-state index contributed by atoms with van der Waals surface area (Å²) in [5, 5.41) is 9.46. The van der Waals surface area contributed by atoms with Gasteiger partial charge in [-0.25, -0.2) is 18.4 Å². The number of carboxylic acid groups (broad SMARTS) is 1. The fraction of sp³-hybridized carbons (Fsp3) is 0.318. The molecule has 3 rings (SSSR count). The minimum atomic E-state index is -3.50. The second-order valence-electron chi connectivity index (χ2n) is 7.21. The Morgan fingerprint density at radius 2 is 1.45 bits per heavy atom. The van der Waals surface area contributed by atoms with Crippen LogP contribution in [0.1, 0.15) is 17.5 Å². The fourth-order valence-electron chi connectivity index (χ4n) is 3.37. The summed E-state index contributed by atoms with van der Waals surface area (Å²) in [6.45, 7) is -1.55. The molecule has 1 saturated heterocycles. The van der Waals surface area contributed by atoms with E-state index in [9.17, 15) is 28.3 Å². The molecule has 2 atom stereocenters. The van der Waals surface area contributed by atoms with Crippen molar-refractivity contribution in [2.45, 2.75) is 31.6 Å². The highest BCUT2D eigenvalue weighted by molar-refractivity contribution is 5.88. The summed E-state index contributed by atoms with van der Waals surface area (Å²) >= 11 is 0. The fourth-order valence-corrected chi connectivity index (χ4v) is 3.37. The molecule has 1 amide bonds. The molecule has 164 valence electrons. The first-order chi connectivity index (χ1) is 14.8. The van der Waals surface area contributed by atoms with E-state index in [0.717, 1.165) is 0 Å². The molecule has 1 N–H and O–H groups in total. The summed E-state index contributed by atoms with van der Waals surface area (Å²) in [6, 6.07) is 15.4. The van der Waals surface area contributed by atoms with Crippen LogP contribution in [0.15, 0.2) is 60.7 Å². The van der Waals surface area contributed by atoms with Crippen molar-refractivity contribution in [2.24, 2.45) is 5.92 Å². The van der Waals surface area contributed by atoms with Gasteiger partial charge in [0.1, 0.15) is 19.3 Å². The van der Waals surface area contributed by atoms with E-state index in [1.54, 1.807) is 60.7 Å². The van der Waals surface area contributed by atoms with E-state index in [1.165, 1.54) is 0 Å². The molecule has 1 aliphatic heterocycles. The van der Waals surface area contributed by atoms with Crippen LogP contribution in [0, 0.1) is 5.92 Å². The normalized spacial score (nSPS) is 20.0. The number of hydrogen-bond donors (Lipinski definition) is 1. The number of carbonyl (C=O) groups excluding carboxylic acids is 2. The van der Waals surface area contributed by atoms with Crippen molar-refractivity contribution in [3.8, 4) is 0 Å². The minimum absolute atomic E-state index is 0.189. The lowest BCUT2D eigenvalue weighted by Gasteiger charge is -2.40. The van der Waals surface area contributed by atoms with Crippen molar-refractivity contribution in [2.75, 3.05) is 6.54 Å². The smallest absolute Gasteiger partial charge is 0.411 e. The first-order valence-corrected chi connectivity index (χ1v) is 9.55. The molecular weight excluding hydrogens is 412 g/mol. The van der Waals surface area contributed by atoms with Crippen LogP contribution in [0.5, 0.6) is 0 Å². The van der Waals surface area contributed by atoms with Crippen LogP contribution >= 0.6 is 0 Å². The molecule has 9 heteroatoms. The molecular formula is C22H21F2NO6. The van der Waals surface area contributed by atoms with Gasteiger partial charge in [-0.3, -0.25) is 9.69 Å². The van der Waals surface area contributed by atoms with Crippen molar-refractivity contribution in [1.29, 1.82) is 0 Å². The van der Waals surface area contributed by atoms with E-state index in [4.69, 9.17) is 9.47 Å². The number of halogens is 2. The van der Waals surface area contributed by atoms with Crippen LogP contribution in [0.25, 0.3) is 0 Å². The Bertz CT molecular complexity index is 922. The van der Waals surface area contributed by atoms with Crippen LogP contribution in [-0.2, 0) is 32.3 Å². The maximum atomic E-state index is 14.2. The Hall–Kier alpha value is -3.49. The Labute approximate surface area is 177 Å². The number of benzene rings is 2. The summed E-state index contributed by atoms with van der Waals surface area (Å²) < 4.78 is 38.7. The van der Waals surface area contributed by atoms with E-state index < -0.39 is 48.9 Å². The van der Waals surface area contributed by atoms with Gasteiger partial charge < -0.3 is 14.6 Å². The lowest BCUT2D eigenvalue weighted by Crippen LogP contribution is -2.60. The van der Waals surface area contributed by atoms with E-state index >= 15 is 0 Å². The summed E-state index contributed by atoms with van der Waals surface area (Å²) in [4.78, 5) is 37.4. The monoisotopic (exact) mass is 433 g/mol. The van der Waals surface area contributed by atoms with E-state index in [-0.39, 0.29) is 13.2 Å². The quantitative estimate of drug-likeness (QED) is 0.702. The molecule has 0 aliphatic carbocycles. The van der Waals surface area contributed by atoms with Crippen LogP contribution in [0.4, 0.5) is 13.6 Å². The third-order valence-electron chi connectivity index (χ3n) is 4.86. The predicted octanol–water partition coefficient (Wildman–Crippen LogP) is 3.48. The highest BCUT2D eigenvalue weighted by Crippen LogP contribution is 2.36. The Kier molecular flexibility index (Phi) is 6.84. The van der Waals surface area contributed by atoms with Gasteiger partial charge in [0, 0.05) is 6.42 Å². The van der Waals surface area contributed by atoms with Crippen LogP contribution in [0.2, 0.25) is 0 Å². The molecule has 0 bridgehead atoms. The highest BCUT2D eigenvalue weighted by atomic mass is 19.3. The average Bonchev–Trinajstić information content (AvgIpc) is 2.76. The summed E-state index contributed by atoms with van der Waals surface area (Å²) in [7, 11) is 0. The first kappa shape index (κ1) is 22.2. The number of ether oxygens (including phenoxy) is 2. The van der Waals surface area contributed by atoms with Gasteiger partial charge in [0.25, 0.3) is 5.92 Å². The molecule has 0 spiro atoms. The Morgan fingerprint density at radius 3 is 1.97 bits per heavy atom. The SMILES string of the molecule is O=C(O)[C@H]1CC(F)(F)CN(C(=O)OCc2ccccc2)[C@@H]1C(=O)OCc1ccccc1. The summed E-state index contributed by atoms with van der Waals surface area (Å²) in [5.74, 6) is -8.04. The maximum absolute atomic E-state index is 14.2. The van der Waals surface area contributed by atoms with Crippen molar-refractivity contribution in [3.63, 3.8) is 0 Å². The van der Waals surface area contributed by atoms with Gasteiger partial charge >= 0.3 is 18.0 Å². The number of piperidine rings is 1. The molecule has 1 aliphatic rings. The lowest BCUT2D eigenvalue weighted by molar-refractivity contribution is -0.174. The number of carboxylic acids is 1. The molecule has 0 unspecified atom stereocenters. The lowest BCUT2D eigenvalue weighted by atomic mass is 9.87. The largest absolute Gasteiger partial charge is 0.481 e. The van der Waals surface area contributed by atoms with Gasteiger partial charge in [0.05, 0.1) is 12.5 Å². The number of likely N-dealkylation sites (tertiary alicyclic amines) is 1. The zero-order valence-electron chi connectivity index (χ0n) is 16.4. The topological polar surface area (TPSA) is 93.1 Å². The zero-order chi connectivity index (χ0) is 22.4. The van der Waals surface area contributed by atoms with Gasteiger partial charge in [-0.05, 0) is 11.1 Å². The number of esters is 1. The number of aliphatic carboxylic acids is 1. The number of amides is 1. The molecule has 2 aromatic carbocycles. The summed E-state index contributed by atoms with van der Waals surface area (Å²) in [6.07, 6.45) is -2.30. The Morgan fingerprint density at radius 1 is 0.935 bits per heavy atom. The van der Waals surface area contributed by atoms with Gasteiger partial charge in [-0.1, -0.05) is 60.7 Å². The van der Waals surface area contributed by atoms with E-state index in [2.05, 4.69) is 0 Å². The third kappa shape index (κ3) is 5.78. The molecule has 2 aromatic rings. The van der Waals surface area contributed by atoms with Gasteiger partial charge in [-0.2, -0.15) is 0 Å². The van der Waals surface area contributed by atoms with Crippen LogP contribution in [0.3, 0.4) is 0 Å². The second kappa shape index (κ2) is 9.55. The van der Waals surface area contributed by atoms with Crippen molar-refractivity contribution < 1.29 is 37.7 Å². The number of hydrogen-bond acceptors (Lipinski definition) is 5. The van der Waals surface area contributed by atoms with Crippen molar-refractivity contribution in [1.82, 2.24) is 4.90 Å². The van der Waals surface area contributed by atoms with E-state index in [0.29, 0.717) is 16.0 Å². The minimum Gasteiger partial charge on any atom is -0.481 e. The average molecular weight is 433 g/mol. The van der Waals surface area contributed by atoms with Gasteiger partial charge in [0.2, 0.25) is 0 Å². The molecule has 31 heavy (non-hydrogen) atoms. The molecule has 1 fully saturated rings. The van der Waals surface area contributed by atoms with Crippen molar-refractivity contribution in [3.05, 3.63) is 71.8 Å². The molecule has 0 radical (unpaired) electrons. The molecule has 0 aromatic heterocycles. The molecule has 7 nitrogen and oxygen atoms in total. The first-order valence-electron chi connectivity index (χ1n) is 9.55. The number of alkyl halides is 2. The van der Waals surface area contributed by atoms with Crippen LogP contribution < -0.4 is 0 Å². The number of carbonyl (C=O) groups is 3. The molecule has 0 saturated carbocycles. The van der Waals surface area contributed by atoms with E-state index in [1.807, 2.05) is 0 Å². The highest BCUT2D eigenvalue weighted by Gasteiger charge is 2.54. The number of rotatable bonds is 6. The Balaban J connectivity index is 1.78. The number of nitrogens with zero attached hydrogens (tertiary/aromatic N) is 1.